The first-order valence-corrected chi connectivity index (χ1v) is 12.6. The summed E-state index contributed by atoms with van der Waals surface area (Å²) in [7, 11) is 0. The van der Waals surface area contributed by atoms with Crippen LogP contribution in [0.1, 0.15) is 41.5 Å². The van der Waals surface area contributed by atoms with Crippen molar-refractivity contribution in [1.29, 1.82) is 0 Å². The molecule has 0 atom stereocenters. The Bertz CT molecular complexity index is 1200. The van der Waals surface area contributed by atoms with E-state index in [1.807, 2.05) is 12.1 Å². The van der Waals surface area contributed by atoms with E-state index in [1.54, 1.807) is 6.08 Å². The molecule has 0 aromatic heterocycles. The average Bonchev–Trinajstić information content (AvgIpc) is 2.88. The van der Waals surface area contributed by atoms with Gasteiger partial charge in [-0.2, -0.15) is 0 Å². The third kappa shape index (κ3) is 5.39. The number of anilines is 1. The molecule has 2 N–H and O–H groups in total. The number of allylic oxidation sites excluding steroid dienone is 1. The number of hydrogen-bond donors (Lipinski definition) is 2. The average molecular weight is 465 g/mol. The molecule has 2 fully saturated rings. The van der Waals surface area contributed by atoms with Crippen molar-refractivity contribution in [3.63, 3.8) is 0 Å². The van der Waals surface area contributed by atoms with Gasteiger partial charge in [-0.15, -0.1) is 0 Å². The van der Waals surface area contributed by atoms with Gasteiger partial charge in [-0.3, -0.25) is 0 Å². The molecule has 4 nitrogen and oxygen atoms in total. The molecule has 2 aliphatic rings. The van der Waals surface area contributed by atoms with Crippen LogP contribution in [0.4, 0.5) is 5.69 Å². The van der Waals surface area contributed by atoms with E-state index in [9.17, 15) is 4.79 Å². The maximum atomic E-state index is 10.9. The molecule has 0 spiro atoms. The van der Waals surface area contributed by atoms with E-state index in [2.05, 4.69) is 76.9 Å². The summed E-state index contributed by atoms with van der Waals surface area (Å²) in [5, 5.41) is 12.4. The van der Waals surface area contributed by atoms with Crippen molar-refractivity contribution in [2.45, 2.75) is 19.3 Å². The van der Waals surface area contributed by atoms with Crippen molar-refractivity contribution in [2.24, 2.45) is 5.92 Å². The summed E-state index contributed by atoms with van der Waals surface area (Å²) >= 11 is 0. The van der Waals surface area contributed by atoms with Crippen LogP contribution in [0.25, 0.3) is 17.2 Å². The second-order valence-electron chi connectivity index (χ2n) is 9.36. The molecule has 1 aliphatic carbocycles. The second kappa shape index (κ2) is 10.7. The molecule has 1 saturated heterocycles. The maximum Gasteiger partial charge on any atom is 0.328 e. The van der Waals surface area contributed by atoms with Crippen LogP contribution in [0.5, 0.6) is 0 Å². The van der Waals surface area contributed by atoms with Gasteiger partial charge in [-0.25, -0.2) is 4.79 Å². The lowest BCUT2D eigenvalue weighted by Crippen LogP contribution is -2.43. The SMILES string of the molecule is O=C(O)/C=C/c1ccc(/C(=C(\c2ccccc2)C2CCC2)c2ccc(N3CCNCC3)cc2)cc1. The highest BCUT2D eigenvalue weighted by Gasteiger charge is 2.27. The Morgan fingerprint density at radius 1 is 0.829 bits per heavy atom. The topological polar surface area (TPSA) is 52.6 Å². The molecule has 0 unspecified atom stereocenters. The van der Waals surface area contributed by atoms with Crippen LogP contribution in [0.3, 0.4) is 0 Å². The molecule has 1 saturated carbocycles. The molecule has 3 aromatic carbocycles. The van der Waals surface area contributed by atoms with Gasteiger partial charge in [0.2, 0.25) is 0 Å². The van der Waals surface area contributed by atoms with Crippen LogP contribution in [0.2, 0.25) is 0 Å². The summed E-state index contributed by atoms with van der Waals surface area (Å²) < 4.78 is 0. The summed E-state index contributed by atoms with van der Waals surface area (Å²) in [4.78, 5) is 13.4. The molecule has 0 bridgehead atoms. The maximum absolute atomic E-state index is 10.9. The van der Waals surface area contributed by atoms with E-state index >= 15 is 0 Å². The Morgan fingerprint density at radius 3 is 2.03 bits per heavy atom. The predicted octanol–water partition coefficient (Wildman–Crippen LogP) is 5.95. The van der Waals surface area contributed by atoms with E-state index in [1.165, 1.54) is 53.3 Å². The number of nitrogens with one attached hydrogen (secondary N) is 1. The number of hydrogen-bond acceptors (Lipinski definition) is 3. The van der Waals surface area contributed by atoms with Crippen LogP contribution in [-0.2, 0) is 4.79 Å². The number of benzene rings is 3. The largest absolute Gasteiger partial charge is 0.478 e. The Morgan fingerprint density at radius 2 is 1.46 bits per heavy atom. The van der Waals surface area contributed by atoms with Crippen molar-refractivity contribution in [3.8, 4) is 0 Å². The molecular formula is C31H32N2O2. The van der Waals surface area contributed by atoms with Crippen LogP contribution in [-0.4, -0.2) is 37.3 Å². The van der Waals surface area contributed by atoms with Crippen molar-refractivity contribution in [3.05, 3.63) is 107 Å². The Balaban J connectivity index is 1.60. The number of aliphatic carboxylic acids is 1. The van der Waals surface area contributed by atoms with Gasteiger partial charge in [0, 0.05) is 37.9 Å². The standard InChI is InChI=1S/C31H32N2O2/c34-29(35)18-11-23-9-12-26(13-10-23)31(30(25-7-4-8-25)24-5-2-1-3-6-24)27-14-16-28(17-15-27)33-21-19-32-20-22-33/h1-3,5-6,9-18,25,32H,4,7-8,19-22H2,(H,34,35)/b18-11+,31-30-. The zero-order valence-corrected chi connectivity index (χ0v) is 20.0. The molecule has 5 rings (SSSR count). The minimum atomic E-state index is -0.935. The summed E-state index contributed by atoms with van der Waals surface area (Å²) in [6.07, 6.45) is 6.53. The lowest BCUT2D eigenvalue weighted by molar-refractivity contribution is -0.131. The van der Waals surface area contributed by atoms with Crippen LogP contribution in [0.15, 0.2) is 84.9 Å². The Kier molecular flexibility index (Phi) is 7.10. The zero-order valence-electron chi connectivity index (χ0n) is 20.0. The van der Waals surface area contributed by atoms with E-state index in [0.717, 1.165) is 37.3 Å². The van der Waals surface area contributed by atoms with Crippen molar-refractivity contribution >= 4 is 28.9 Å². The Labute approximate surface area is 207 Å². The molecular weight excluding hydrogens is 432 g/mol. The second-order valence-corrected chi connectivity index (χ2v) is 9.36. The highest BCUT2D eigenvalue weighted by Crippen LogP contribution is 2.45. The van der Waals surface area contributed by atoms with Crippen molar-refractivity contribution < 1.29 is 9.90 Å². The first-order chi connectivity index (χ1) is 17.2. The Hall–Kier alpha value is -3.63. The summed E-state index contributed by atoms with van der Waals surface area (Å²) in [5.74, 6) is -0.387. The third-order valence-corrected chi connectivity index (χ3v) is 7.12. The van der Waals surface area contributed by atoms with E-state index in [4.69, 9.17) is 5.11 Å². The van der Waals surface area contributed by atoms with Gasteiger partial charge in [-0.05, 0) is 70.4 Å². The van der Waals surface area contributed by atoms with Crippen molar-refractivity contribution in [2.75, 3.05) is 31.1 Å². The van der Waals surface area contributed by atoms with Crippen LogP contribution < -0.4 is 10.2 Å². The summed E-state index contributed by atoms with van der Waals surface area (Å²) in [5.41, 5.74) is 8.53. The summed E-state index contributed by atoms with van der Waals surface area (Å²) in [6, 6.07) is 28.1. The van der Waals surface area contributed by atoms with Gasteiger partial charge in [0.05, 0.1) is 0 Å². The van der Waals surface area contributed by atoms with Gasteiger partial charge in [0.25, 0.3) is 0 Å². The van der Waals surface area contributed by atoms with Crippen LogP contribution in [0, 0.1) is 5.92 Å². The minimum absolute atomic E-state index is 0.548. The molecule has 35 heavy (non-hydrogen) atoms. The normalized spacial score (nSPS) is 17.2. The minimum Gasteiger partial charge on any atom is -0.478 e. The van der Waals surface area contributed by atoms with Gasteiger partial charge in [-0.1, -0.05) is 73.2 Å². The smallest absolute Gasteiger partial charge is 0.328 e. The molecule has 0 radical (unpaired) electrons. The number of nitrogens with zero attached hydrogens (tertiary/aromatic N) is 1. The number of piperazine rings is 1. The third-order valence-electron chi connectivity index (χ3n) is 7.12. The number of carboxylic acid groups (broad SMARTS) is 1. The van der Waals surface area contributed by atoms with E-state index in [-0.39, 0.29) is 0 Å². The number of rotatable bonds is 7. The molecule has 1 heterocycles. The first kappa shape index (κ1) is 23.1. The lowest BCUT2D eigenvalue weighted by Gasteiger charge is -2.32. The fourth-order valence-electron chi connectivity index (χ4n) is 5.07. The zero-order chi connectivity index (χ0) is 24.0. The highest BCUT2D eigenvalue weighted by molar-refractivity contribution is 6.00. The first-order valence-electron chi connectivity index (χ1n) is 12.6. The van der Waals surface area contributed by atoms with Gasteiger partial charge in [0.1, 0.15) is 0 Å². The molecule has 4 heteroatoms. The van der Waals surface area contributed by atoms with Gasteiger partial charge >= 0.3 is 5.97 Å². The number of carboxylic acids is 1. The fraction of sp³-hybridized carbons (Fsp3) is 0.258. The van der Waals surface area contributed by atoms with E-state index in [0.29, 0.717) is 5.92 Å². The lowest BCUT2D eigenvalue weighted by atomic mass is 9.73. The molecule has 178 valence electrons. The quantitative estimate of drug-likeness (QED) is 0.335. The monoisotopic (exact) mass is 464 g/mol. The predicted molar refractivity (Wildman–Crippen MR) is 144 cm³/mol. The number of carbonyl (C=O) groups is 1. The summed E-state index contributed by atoms with van der Waals surface area (Å²) in [6.45, 7) is 4.11. The van der Waals surface area contributed by atoms with Crippen molar-refractivity contribution in [1.82, 2.24) is 5.32 Å². The fourth-order valence-corrected chi connectivity index (χ4v) is 5.07. The molecule has 1 aliphatic heterocycles. The van der Waals surface area contributed by atoms with Gasteiger partial charge < -0.3 is 15.3 Å². The molecule has 0 amide bonds. The van der Waals surface area contributed by atoms with Crippen LogP contribution >= 0.6 is 0 Å². The highest BCUT2D eigenvalue weighted by atomic mass is 16.4. The van der Waals surface area contributed by atoms with Gasteiger partial charge in [0.15, 0.2) is 0 Å². The molecule has 3 aromatic rings. The van der Waals surface area contributed by atoms with E-state index < -0.39 is 5.97 Å².